The standard InChI is InChI=1S/C17H27N3O4S.ClH/c1-24-10-9-20-25(22,23)15-7-5-13(6-8-15)12-19-17(21)11-14-3-2-4-16(14)18;/h5-8,14,16,20H,2-4,9-12,18H2,1H3,(H,19,21);1H/t14-,16+;/m0./s1. The van der Waals surface area contributed by atoms with Crippen LogP contribution in [-0.2, 0) is 26.1 Å². The van der Waals surface area contributed by atoms with E-state index in [2.05, 4.69) is 10.0 Å². The molecule has 0 aliphatic heterocycles. The number of hydrogen-bond donors (Lipinski definition) is 3. The number of amides is 1. The van der Waals surface area contributed by atoms with Crippen LogP contribution in [-0.4, -0.2) is 40.6 Å². The molecule has 0 heterocycles. The van der Waals surface area contributed by atoms with Crippen molar-refractivity contribution >= 4 is 28.3 Å². The molecule has 0 radical (unpaired) electrons. The molecule has 2 rings (SSSR count). The molecule has 4 N–H and O–H groups in total. The predicted octanol–water partition coefficient (Wildman–Crippen LogP) is 1.17. The summed E-state index contributed by atoms with van der Waals surface area (Å²) in [4.78, 5) is 12.2. The van der Waals surface area contributed by atoms with Gasteiger partial charge in [0.15, 0.2) is 0 Å². The molecule has 148 valence electrons. The summed E-state index contributed by atoms with van der Waals surface area (Å²) in [6.45, 7) is 0.909. The number of carbonyl (C=O) groups is 1. The maximum Gasteiger partial charge on any atom is 0.240 e. The Morgan fingerprint density at radius 1 is 1.27 bits per heavy atom. The number of carbonyl (C=O) groups excluding carboxylic acids is 1. The topological polar surface area (TPSA) is 111 Å². The molecule has 1 aromatic carbocycles. The van der Waals surface area contributed by atoms with Crippen molar-refractivity contribution in [1.29, 1.82) is 0 Å². The van der Waals surface area contributed by atoms with E-state index in [0.29, 0.717) is 19.6 Å². The van der Waals surface area contributed by atoms with E-state index < -0.39 is 10.0 Å². The lowest BCUT2D eigenvalue weighted by Gasteiger charge is -2.14. The van der Waals surface area contributed by atoms with Crippen molar-refractivity contribution in [3.05, 3.63) is 29.8 Å². The smallest absolute Gasteiger partial charge is 0.240 e. The number of benzene rings is 1. The molecule has 0 aromatic heterocycles. The molecule has 0 bridgehead atoms. The second kappa shape index (κ2) is 10.8. The molecule has 1 amide bonds. The van der Waals surface area contributed by atoms with Gasteiger partial charge < -0.3 is 15.8 Å². The highest BCUT2D eigenvalue weighted by molar-refractivity contribution is 7.89. The molecule has 0 spiro atoms. The average molecular weight is 406 g/mol. The molecular formula is C17H28ClN3O4S. The predicted molar refractivity (Wildman–Crippen MR) is 103 cm³/mol. The van der Waals surface area contributed by atoms with Gasteiger partial charge in [0.2, 0.25) is 15.9 Å². The summed E-state index contributed by atoms with van der Waals surface area (Å²) in [7, 11) is -2.02. The molecular weight excluding hydrogens is 378 g/mol. The third-order valence-corrected chi connectivity index (χ3v) is 5.96. The van der Waals surface area contributed by atoms with E-state index in [1.54, 1.807) is 12.1 Å². The summed E-state index contributed by atoms with van der Waals surface area (Å²) in [6, 6.07) is 6.59. The second-order valence-corrected chi connectivity index (χ2v) is 8.14. The van der Waals surface area contributed by atoms with Gasteiger partial charge >= 0.3 is 0 Å². The summed E-state index contributed by atoms with van der Waals surface area (Å²) in [5.74, 6) is 0.256. The molecule has 1 aliphatic rings. The quantitative estimate of drug-likeness (QED) is 0.534. The van der Waals surface area contributed by atoms with Crippen molar-refractivity contribution in [1.82, 2.24) is 10.0 Å². The van der Waals surface area contributed by atoms with Gasteiger partial charge in [0.25, 0.3) is 0 Å². The van der Waals surface area contributed by atoms with Crippen LogP contribution in [0.2, 0.25) is 0 Å². The number of methoxy groups -OCH3 is 1. The first-order chi connectivity index (χ1) is 11.9. The zero-order valence-electron chi connectivity index (χ0n) is 14.9. The molecule has 26 heavy (non-hydrogen) atoms. The highest BCUT2D eigenvalue weighted by Gasteiger charge is 2.25. The van der Waals surface area contributed by atoms with Crippen LogP contribution in [0.4, 0.5) is 0 Å². The first-order valence-electron chi connectivity index (χ1n) is 8.52. The van der Waals surface area contributed by atoms with Crippen molar-refractivity contribution in [3.8, 4) is 0 Å². The monoisotopic (exact) mass is 405 g/mol. The van der Waals surface area contributed by atoms with Crippen LogP contribution >= 0.6 is 12.4 Å². The van der Waals surface area contributed by atoms with Gasteiger partial charge in [-0.25, -0.2) is 13.1 Å². The fourth-order valence-corrected chi connectivity index (χ4v) is 3.99. The minimum Gasteiger partial charge on any atom is -0.383 e. The van der Waals surface area contributed by atoms with Gasteiger partial charge in [-0.2, -0.15) is 0 Å². The van der Waals surface area contributed by atoms with E-state index in [-0.39, 0.29) is 41.7 Å². The lowest BCUT2D eigenvalue weighted by Crippen LogP contribution is -2.31. The summed E-state index contributed by atoms with van der Waals surface area (Å²) in [6.07, 6.45) is 3.55. The molecule has 0 saturated heterocycles. The fraction of sp³-hybridized carbons (Fsp3) is 0.588. The highest BCUT2D eigenvalue weighted by atomic mass is 35.5. The Kier molecular flexibility index (Phi) is 9.52. The normalized spacial score (nSPS) is 19.8. The van der Waals surface area contributed by atoms with Crippen molar-refractivity contribution in [2.75, 3.05) is 20.3 Å². The SMILES string of the molecule is COCCNS(=O)(=O)c1ccc(CNC(=O)C[C@@H]2CCC[C@H]2N)cc1.Cl. The first-order valence-corrected chi connectivity index (χ1v) is 10.0. The van der Waals surface area contributed by atoms with E-state index in [1.807, 2.05) is 0 Å². The summed E-state index contributed by atoms with van der Waals surface area (Å²) >= 11 is 0. The van der Waals surface area contributed by atoms with E-state index in [0.717, 1.165) is 24.8 Å². The van der Waals surface area contributed by atoms with Crippen LogP contribution in [0.25, 0.3) is 0 Å². The highest BCUT2D eigenvalue weighted by Crippen LogP contribution is 2.26. The molecule has 0 unspecified atom stereocenters. The van der Waals surface area contributed by atoms with Crippen LogP contribution in [0.3, 0.4) is 0 Å². The van der Waals surface area contributed by atoms with Gasteiger partial charge in [-0.15, -0.1) is 12.4 Å². The third-order valence-electron chi connectivity index (χ3n) is 4.49. The molecule has 7 nitrogen and oxygen atoms in total. The van der Waals surface area contributed by atoms with Crippen LogP contribution in [0.5, 0.6) is 0 Å². The van der Waals surface area contributed by atoms with Gasteiger partial charge in [-0.1, -0.05) is 18.6 Å². The van der Waals surface area contributed by atoms with Gasteiger partial charge in [-0.05, 0) is 36.5 Å². The number of rotatable bonds is 9. The van der Waals surface area contributed by atoms with Crippen LogP contribution in [0.15, 0.2) is 29.2 Å². The maximum absolute atomic E-state index is 12.1. The van der Waals surface area contributed by atoms with Crippen LogP contribution in [0, 0.1) is 5.92 Å². The van der Waals surface area contributed by atoms with Crippen molar-refractivity contribution in [3.63, 3.8) is 0 Å². The van der Waals surface area contributed by atoms with Crippen LogP contribution in [0.1, 0.15) is 31.2 Å². The van der Waals surface area contributed by atoms with E-state index in [9.17, 15) is 13.2 Å². The Morgan fingerprint density at radius 2 is 1.96 bits per heavy atom. The molecule has 1 saturated carbocycles. The molecule has 1 fully saturated rings. The zero-order valence-corrected chi connectivity index (χ0v) is 16.6. The first kappa shape index (κ1) is 22.9. The Hall–Kier alpha value is -1.19. The van der Waals surface area contributed by atoms with Crippen molar-refractivity contribution in [2.24, 2.45) is 11.7 Å². The average Bonchev–Trinajstić information content (AvgIpc) is 2.98. The summed E-state index contributed by atoms with van der Waals surface area (Å²) < 4.78 is 31.4. The number of ether oxygens (including phenoxy) is 1. The minimum absolute atomic E-state index is 0. The zero-order chi connectivity index (χ0) is 18.3. The number of halogens is 1. The Bertz CT molecular complexity index is 667. The fourth-order valence-electron chi connectivity index (χ4n) is 2.98. The van der Waals surface area contributed by atoms with E-state index >= 15 is 0 Å². The Morgan fingerprint density at radius 3 is 2.54 bits per heavy atom. The van der Waals surface area contributed by atoms with Gasteiger partial charge in [0, 0.05) is 32.7 Å². The summed E-state index contributed by atoms with van der Waals surface area (Å²) in [5, 5.41) is 2.87. The van der Waals surface area contributed by atoms with Crippen molar-refractivity contribution in [2.45, 2.75) is 43.2 Å². The summed E-state index contributed by atoms with van der Waals surface area (Å²) in [5.41, 5.74) is 6.83. The third kappa shape index (κ3) is 6.85. The molecule has 1 aromatic rings. The van der Waals surface area contributed by atoms with E-state index in [1.165, 1.54) is 19.2 Å². The van der Waals surface area contributed by atoms with E-state index in [4.69, 9.17) is 10.5 Å². The number of sulfonamides is 1. The number of nitrogens with two attached hydrogens (primary N) is 1. The molecule has 1 aliphatic carbocycles. The van der Waals surface area contributed by atoms with Gasteiger partial charge in [0.05, 0.1) is 11.5 Å². The second-order valence-electron chi connectivity index (χ2n) is 6.37. The number of hydrogen-bond acceptors (Lipinski definition) is 5. The van der Waals surface area contributed by atoms with Gasteiger partial charge in [-0.3, -0.25) is 4.79 Å². The maximum atomic E-state index is 12.1. The minimum atomic E-state index is -3.53. The van der Waals surface area contributed by atoms with Gasteiger partial charge in [0.1, 0.15) is 0 Å². The van der Waals surface area contributed by atoms with Crippen LogP contribution < -0.4 is 15.8 Å². The molecule has 2 atom stereocenters. The van der Waals surface area contributed by atoms with Crippen molar-refractivity contribution < 1.29 is 17.9 Å². The molecule has 9 heteroatoms. The largest absolute Gasteiger partial charge is 0.383 e. The lowest BCUT2D eigenvalue weighted by molar-refractivity contribution is -0.122. The Balaban J connectivity index is 0.00000338. The lowest BCUT2D eigenvalue weighted by atomic mass is 10.00. The Labute approximate surface area is 161 Å². The number of nitrogens with one attached hydrogen (secondary N) is 2.